The molecular weight excluding hydrogens is 288 g/mol. The van der Waals surface area contributed by atoms with Crippen molar-refractivity contribution in [2.75, 3.05) is 6.54 Å². The number of amides is 1. The first kappa shape index (κ1) is 15.5. The minimum absolute atomic E-state index is 0.0326. The molecule has 0 radical (unpaired) electrons. The summed E-state index contributed by atoms with van der Waals surface area (Å²) in [6.07, 6.45) is 3.74. The lowest BCUT2D eigenvalue weighted by atomic mass is 10.1. The Morgan fingerprint density at radius 1 is 1.22 bits per heavy atom. The van der Waals surface area contributed by atoms with E-state index >= 15 is 0 Å². The van der Waals surface area contributed by atoms with Crippen LogP contribution in [0.3, 0.4) is 0 Å². The van der Waals surface area contributed by atoms with Crippen molar-refractivity contribution in [2.45, 2.75) is 38.8 Å². The van der Waals surface area contributed by atoms with Crippen molar-refractivity contribution in [3.8, 4) is 5.88 Å². The molecule has 0 aliphatic carbocycles. The van der Waals surface area contributed by atoms with Crippen LogP contribution in [0.2, 0.25) is 0 Å². The molecule has 1 aliphatic rings. The second-order valence-electron chi connectivity index (χ2n) is 6.09. The SMILES string of the molecule is CC(C)Oc1ncccc1[C@H]1CCCN1C(=O)c1ccccc1. The highest BCUT2D eigenvalue weighted by Crippen LogP contribution is 2.37. The summed E-state index contributed by atoms with van der Waals surface area (Å²) in [7, 11) is 0. The Balaban J connectivity index is 1.89. The van der Waals surface area contributed by atoms with Gasteiger partial charge in [0, 0.05) is 23.9 Å². The molecule has 1 amide bonds. The first-order valence-corrected chi connectivity index (χ1v) is 8.14. The fourth-order valence-corrected chi connectivity index (χ4v) is 3.06. The van der Waals surface area contributed by atoms with Crippen LogP contribution in [0.5, 0.6) is 5.88 Å². The van der Waals surface area contributed by atoms with Crippen LogP contribution in [0.15, 0.2) is 48.7 Å². The van der Waals surface area contributed by atoms with Gasteiger partial charge in [-0.1, -0.05) is 24.3 Å². The molecule has 1 aromatic heterocycles. The molecule has 0 unspecified atom stereocenters. The van der Waals surface area contributed by atoms with Crippen LogP contribution in [-0.2, 0) is 0 Å². The molecule has 0 spiro atoms. The van der Waals surface area contributed by atoms with Crippen LogP contribution in [0.1, 0.15) is 48.7 Å². The van der Waals surface area contributed by atoms with Crippen LogP contribution in [0.25, 0.3) is 0 Å². The van der Waals surface area contributed by atoms with Gasteiger partial charge in [0.1, 0.15) is 0 Å². The van der Waals surface area contributed by atoms with Crippen molar-refractivity contribution < 1.29 is 9.53 Å². The highest BCUT2D eigenvalue weighted by molar-refractivity contribution is 5.94. The number of hydrogen-bond donors (Lipinski definition) is 0. The van der Waals surface area contributed by atoms with E-state index in [-0.39, 0.29) is 18.1 Å². The first-order chi connectivity index (χ1) is 11.2. The maximum absolute atomic E-state index is 12.8. The molecule has 1 saturated heterocycles. The molecule has 1 fully saturated rings. The lowest BCUT2D eigenvalue weighted by molar-refractivity contribution is 0.0732. The number of carbonyl (C=O) groups is 1. The van der Waals surface area contributed by atoms with E-state index in [4.69, 9.17) is 4.74 Å². The van der Waals surface area contributed by atoms with Gasteiger partial charge in [0.2, 0.25) is 5.88 Å². The van der Waals surface area contributed by atoms with Gasteiger partial charge in [-0.2, -0.15) is 0 Å². The number of nitrogens with zero attached hydrogens (tertiary/aromatic N) is 2. The first-order valence-electron chi connectivity index (χ1n) is 8.14. The third-order valence-electron chi connectivity index (χ3n) is 4.04. The fraction of sp³-hybridized carbons (Fsp3) is 0.368. The number of rotatable bonds is 4. The Morgan fingerprint density at radius 2 is 2.00 bits per heavy atom. The summed E-state index contributed by atoms with van der Waals surface area (Å²) >= 11 is 0. The van der Waals surface area contributed by atoms with Crippen LogP contribution in [0.4, 0.5) is 0 Å². The fourth-order valence-electron chi connectivity index (χ4n) is 3.06. The van der Waals surface area contributed by atoms with Crippen molar-refractivity contribution in [1.29, 1.82) is 0 Å². The summed E-state index contributed by atoms with van der Waals surface area (Å²) < 4.78 is 5.84. The van der Waals surface area contributed by atoms with Crippen LogP contribution in [-0.4, -0.2) is 28.4 Å². The second kappa shape index (κ2) is 6.82. The quantitative estimate of drug-likeness (QED) is 0.861. The predicted octanol–water partition coefficient (Wildman–Crippen LogP) is 3.85. The topological polar surface area (TPSA) is 42.4 Å². The van der Waals surface area contributed by atoms with Gasteiger partial charge in [-0.25, -0.2) is 4.98 Å². The molecule has 23 heavy (non-hydrogen) atoms. The zero-order chi connectivity index (χ0) is 16.2. The third-order valence-corrected chi connectivity index (χ3v) is 4.04. The summed E-state index contributed by atoms with van der Waals surface area (Å²) in [4.78, 5) is 19.1. The van der Waals surface area contributed by atoms with Crippen molar-refractivity contribution in [3.05, 3.63) is 59.8 Å². The lowest BCUT2D eigenvalue weighted by Gasteiger charge is -2.26. The van der Waals surface area contributed by atoms with Gasteiger partial charge in [-0.3, -0.25) is 4.79 Å². The zero-order valence-corrected chi connectivity index (χ0v) is 13.6. The predicted molar refractivity (Wildman–Crippen MR) is 89.5 cm³/mol. The largest absolute Gasteiger partial charge is 0.475 e. The van der Waals surface area contributed by atoms with Crippen molar-refractivity contribution in [3.63, 3.8) is 0 Å². The molecule has 1 aromatic carbocycles. The molecule has 2 aromatic rings. The Hall–Kier alpha value is -2.36. The molecule has 1 atom stereocenters. The molecule has 1 aliphatic heterocycles. The van der Waals surface area contributed by atoms with Gasteiger partial charge < -0.3 is 9.64 Å². The van der Waals surface area contributed by atoms with Crippen molar-refractivity contribution in [1.82, 2.24) is 9.88 Å². The number of benzene rings is 1. The summed E-state index contributed by atoms with van der Waals surface area (Å²) in [5.41, 5.74) is 1.73. The van der Waals surface area contributed by atoms with Gasteiger partial charge in [-0.15, -0.1) is 0 Å². The molecular formula is C19H22N2O2. The number of pyridine rings is 1. The smallest absolute Gasteiger partial charge is 0.254 e. The van der Waals surface area contributed by atoms with Gasteiger partial charge in [-0.05, 0) is 44.9 Å². The van der Waals surface area contributed by atoms with Crippen molar-refractivity contribution in [2.24, 2.45) is 0 Å². The molecule has 120 valence electrons. The molecule has 0 N–H and O–H groups in total. The van der Waals surface area contributed by atoms with E-state index < -0.39 is 0 Å². The minimum Gasteiger partial charge on any atom is -0.475 e. The number of ether oxygens (including phenoxy) is 1. The maximum atomic E-state index is 12.8. The number of hydrogen-bond acceptors (Lipinski definition) is 3. The molecule has 0 saturated carbocycles. The summed E-state index contributed by atoms with van der Waals surface area (Å²) in [5, 5.41) is 0. The summed E-state index contributed by atoms with van der Waals surface area (Å²) in [5.74, 6) is 0.715. The molecule has 2 heterocycles. The monoisotopic (exact) mass is 310 g/mol. The van der Waals surface area contributed by atoms with E-state index in [1.54, 1.807) is 6.20 Å². The van der Waals surface area contributed by atoms with Gasteiger partial charge in [0.05, 0.1) is 12.1 Å². The van der Waals surface area contributed by atoms with Crippen LogP contribution >= 0.6 is 0 Å². The van der Waals surface area contributed by atoms with E-state index in [1.165, 1.54) is 0 Å². The second-order valence-corrected chi connectivity index (χ2v) is 6.09. The molecule has 4 nitrogen and oxygen atoms in total. The van der Waals surface area contributed by atoms with E-state index in [0.29, 0.717) is 5.88 Å². The lowest BCUT2D eigenvalue weighted by Crippen LogP contribution is -2.31. The Labute approximate surface area is 137 Å². The summed E-state index contributed by atoms with van der Waals surface area (Å²) in [6, 6.07) is 13.4. The van der Waals surface area contributed by atoms with E-state index in [1.807, 2.05) is 61.2 Å². The Morgan fingerprint density at radius 3 is 2.74 bits per heavy atom. The minimum atomic E-state index is 0.0326. The average Bonchev–Trinajstić information content (AvgIpc) is 3.04. The highest BCUT2D eigenvalue weighted by atomic mass is 16.5. The highest BCUT2D eigenvalue weighted by Gasteiger charge is 2.32. The molecule has 3 rings (SSSR count). The van der Waals surface area contributed by atoms with Crippen molar-refractivity contribution >= 4 is 5.91 Å². The van der Waals surface area contributed by atoms with Gasteiger partial charge in [0.25, 0.3) is 5.91 Å². The number of carbonyl (C=O) groups excluding carboxylic acids is 1. The molecule has 4 heteroatoms. The number of likely N-dealkylation sites (tertiary alicyclic amines) is 1. The van der Waals surface area contributed by atoms with Crippen LogP contribution < -0.4 is 4.74 Å². The van der Waals surface area contributed by atoms with E-state index in [0.717, 1.165) is 30.5 Å². The Bertz CT molecular complexity index is 670. The number of aromatic nitrogens is 1. The maximum Gasteiger partial charge on any atom is 0.254 e. The van der Waals surface area contributed by atoms with E-state index in [2.05, 4.69) is 4.98 Å². The van der Waals surface area contributed by atoms with Gasteiger partial charge >= 0.3 is 0 Å². The average molecular weight is 310 g/mol. The Kier molecular flexibility index (Phi) is 4.60. The van der Waals surface area contributed by atoms with Gasteiger partial charge in [0.15, 0.2) is 0 Å². The third kappa shape index (κ3) is 3.36. The van der Waals surface area contributed by atoms with E-state index in [9.17, 15) is 4.79 Å². The zero-order valence-electron chi connectivity index (χ0n) is 13.6. The van der Waals surface area contributed by atoms with Crippen LogP contribution in [0, 0.1) is 0 Å². The molecule has 0 bridgehead atoms. The normalized spacial score (nSPS) is 17.5. The summed E-state index contributed by atoms with van der Waals surface area (Å²) in [6.45, 7) is 4.74. The standard InChI is InChI=1S/C19H22N2O2/c1-14(2)23-18-16(10-6-12-20-18)17-11-7-13-21(17)19(22)15-8-4-3-5-9-15/h3-6,8-10,12,14,17H,7,11,13H2,1-2H3/t17-/m1/s1.